The fourth-order valence-electron chi connectivity index (χ4n) is 3.70. The number of hydrogen-bond donors (Lipinski definition) is 3. The second kappa shape index (κ2) is 7.02. The third-order valence-electron chi connectivity index (χ3n) is 5.15. The van der Waals surface area contributed by atoms with Gasteiger partial charge in [-0.05, 0) is 49.3 Å². The maximum atomic E-state index is 12.8. The van der Waals surface area contributed by atoms with Gasteiger partial charge in [-0.25, -0.2) is 13.9 Å². The van der Waals surface area contributed by atoms with Crippen molar-refractivity contribution in [2.45, 2.75) is 50.5 Å². The number of hydrogen-bond acceptors (Lipinski definition) is 4. The van der Waals surface area contributed by atoms with Gasteiger partial charge in [0.05, 0.1) is 4.90 Å². The van der Waals surface area contributed by atoms with E-state index in [9.17, 15) is 13.2 Å². The second-order valence-corrected chi connectivity index (χ2v) is 8.90. The smallest absolute Gasteiger partial charge is 0.261 e. The molecule has 0 bridgehead atoms. The third-order valence-corrected chi connectivity index (χ3v) is 6.59. The molecule has 8 heteroatoms. The number of benzene rings is 1. The first-order valence-electron chi connectivity index (χ1n) is 8.82. The SMILES string of the molecule is CC(C)C(NS(=O)(=O)c1ccc2c3c(n(C)c2c1)CCCC3)C(=O)NO. The number of sulfonamides is 1. The maximum Gasteiger partial charge on any atom is 0.261 e. The number of aryl methyl sites for hydroxylation is 2. The molecule has 1 aliphatic rings. The van der Waals surface area contributed by atoms with E-state index in [2.05, 4.69) is 9.29 Å². The Morgan fingerprint density at radius 3 is 2.58 bits per heavy atom. The molecule has 3 rings (SSSR count). The summed E-state index contributed by atoms with van der Waals surface area (Å²) in [6.45, 7) is 3.41. The highest BCUT2D eigenvalue weighted by Crippen LogP contribution is 2.32. The minimum atomic E-state index is -3.90. The molecule has 1 unspecified atom stereocenters. The Morgan fingerprint density at radius 1 is 1.23 bits per heavy atom. The van der Waals surface area contributed by atoms with Gasteiger partial charge in [-0.3, -0.25) is 10.0 Å². The van der Waals surface area contributed by atoms with Crippen LogP contribution in [0.4, 0.5) is 0 Å². The summed E-state index contributed by atoms with van der Waals surface area (Å²) in [5.41, 5.74) is 4.99. The summed E-state index contributed by atoms with van der Waals surface area (Å²) >= 11 is 0. The molecule has 1 atom stereocenters. The van der Waals surface area contributed by atoms with E-state index in [1.165, 1.54) is 16.7 Å². The van der Waals surface area contributed by atoms with Crippen LogP contribution in [0.2, 0.25) is 0 Å². The minimum Gasteiger partial charge on any atom is -0.347 e. The lowest BCUT2D eigenvalue weighted by molar-refractivity contribution is -0.131. The Morgan fingerprint density at radius 2 is 1.92 bits per heavy atom. The number of nitrogens with zero attached hydrogens (tertiary/aromatic N) is 1. The summed E-state index contributed by atoms with van der Waals surface area (Å²) in [5.74, 6) is -1.10. The molecule has 2 aromatic rings. The molecule has 1 aromatic carbocycles. The van der Waals surface area contributed by atoms with Gasteiger partial charge in [0.15, 0.2) is 0 Å². The number of rotatable bonds is 5. The first-order chi connectivity index (χ1) is 12.3. The summed E-state index contributed by atoms with van der Waals surface area (Å²) in [4.78, 5) is 11.9. The number of hydroxylamine groups is 1. The Kier molecular flexibility index (Phi) is 5.09. The number of amides is 1. The Labute approximate surface area is 153 Å². The van der Waals surface area contributed by atoms with Crippen LogP contribution in [-0.2, 0) is 34.7 Å². The number of nitrogens with one attached hydrogen (secondary N) is 2. The molecular weight excluding hydrogens is 354 g/mol. The van der Waals surface area contributed by atoms with Crippen LogP contribution in [0.3, 0.4) is 0 Å². The summed E-state index contributed by atoms with van der Waals surface area (Å²) < 4.78 is 30.0. The van der Waals surface area contributed by atoms with E-state index in [4.69, 9.17) is 5.21 Å². The van der Waals surface area contributed by atoms with Crippen molar-refractivity contribution >= 4 is 26.8 Å². The number of fused-ring (bicyclic) bond motifs is 3. The molecule has 0 aliphatic heterocycles. The molecule has 0 saturated heterocycles. The van der Waals surface area contributed by atoms with Crippen molar-refractivity contribution in [2.75, 3.05) is 0 Å². The third kappa shape index (κ3) is 3.24. The van der Waals surface area contributed by atoms with E-state index >= 15 is 0 Å². The topological polar surface area (TPSA) is 100 Å². The highest BCUT2D eigenvalue weighted by atomic mass is 32.2. The molecule has 26 heavy (non-hydrogen) atoms. The molecule has 3 N–H and O–H groups in total. The molecule has 0 radical (unpaired) electrons. The van der Waals surface area contributed by atoms with Crippen molar-refractivity contribution in [3.8, 4) is 0 Å². The normalized spacial score (nSPS) is 15.9. The van der Waals surface area contributed by atoms with Crippen molar-refractivity contribution in [3.63, 3.8) is 0 Å². The fraction of sp³-hybridized carbons (Fsp3) is 0.500. The molecule has 1 heterocycles. The van der Waals surface area contributed by atoms with Crippen LogP contribution in [0, 0.1) is 5.92 Å². The zero-order valence-electron chi connectivity index (χ0n) is 15.2. The molecule has 1 aliphatic carbocycles. The van der Waals surface area contributed by atoms with Crippen molar-refractivity contribution in [1.29, 1.82) is 0 Å². The van der Waals surface area contributed by atoms with Gasteiger partial charge >= 0.3 is 0 Å². The van der Waals surface area contributed by atoms with Gasteiger partial charge in [-0.1, -0.05) is 19.9 Å². The van der Waals surface area contributed by atoms with Gasteiger partial charge in [-0.15, -0.1) is 0 Å². The molecular formula is C18H25N3O4S. The van der Waals surface area contributed by atoms with Gasteiger partial charge in [-0.2, -0.15) is 4.72 Å². The standard InChI is InChI=1S/C18H25N3O4S/c1-11(2)17(18(22)19-23)20-26(24,25)12-8-9-14-13-6-4-5-7-15(13)21(3)16(14)10-12/h8-11,17,20,23H,4-7H2,1-3H3,(H,19,22). The highest BCUT2D eigenvalue weighted by Gasteiger charge is 2.29. The Bertz CT molecular complexity index is 947. The lowest BCUT2D eigenvalue weighted by Crippen LogP contribution is -2.48. The van der Waals surface area contributed by atoms with Crippen LogP contribution in [0.1, 0.15) is 37.9 Å². The van der Waals surface area contributed by atoms with Crippen molar-refractivity contribution in [3.05, 3.63) is 29.5 Å². The maximum absolute atomic E-state index is 12.8. The van der Waals surface area contributed by atoms with Crippen LogP contribution in [0.25, 0.3) is 10.9 Å². The monoisotopic (exact) mass is 379 g/mol. The van der Waals surface area contributed by atoms with Gasteiger partial charge in [0.2, 0.25) is 10.0 Å². The first-order valence-corrected chi connectivity index (χ1v) is 10.3. The lowest BCUT2D eigenvalue weighted by Gasteiger charge is -2.20. The van der Waals surface area contributed by atoms with E-state index in [1.54, 1.807) is 26.0 Å². The van der Waals surface area contributed by atoms with Gasteiger partial charge < -0.3 is 4.57 Å². The fourth-order valence-corrected chi connectivity index (χ4v) is 5.07. The zero-order chi connectivity index (χ0) is 19.1. The first kappa shape index (κ1) is 18.9. The Hall–Kier alpha value is -1.90. The van der Waals surface area contributed by atoms with Gasteiger partial charge in [0.25, 0.3) is 5.91 Å². The molecule has 1 aromatic heterocycles. The number of carbonyl (C=O) groups is 1. The lowest BCUT2D eigenvalue weighted by atomic mass is 9.96. The van der Waals surface area contributed by atoms with Gasteiger partial charge in [0, 0.05) is 23.6 Å². The molecule has 7 nitrogen and oxygen atoms in total. The predicted molar refractivity (Wildman–Crippen MR) is 98.4 cm³/mol. The number of carbonyl (C=O) groups excluding carboxylic acids is 1. The zero-order valence-corrected chi connectivity index (χ0v) is 16.1. The van der Waals surface area contributed by atoms with Crippen molar-refractivity contribution < 1.29 is 18.4 Å². The van der Waals surface area contributed by atoms with Crippen LogP contribution in [0.15, 0.2) is 23.1 Å². The average molecular weight is 379 g/mol. The molecule has 0 saturated carbocycles. The second-order valence-electron chi connectivity index (χ2n) is 7.19. The summed E-state index contributed by atoms with van der Waals surface area (Å²) in [6.07, 6.45) is 4.33. The van der Waals surface area contributed by atoms with E-state index in [0.29, 0.717) is 0 Å². The van der Waals surface area contributed by atoms with E-state index in [-0.39, 0.29) is 10.8 Å². The van der Waals surface area contributed by atoms with Crippen molar-refractivity contribution in [2.24, 2.45) is 13.0 Å². The van der Waals surface area contributed by atoms with Crippen LogP contribution < -0.4 is 10.2 Å². The molecule has 0 spiro atoms. The van der Waals surface area contributed by atoms with Crippen LogP contribution >= 0.6 is 0 Å². The van der Waals surface area contributed by atoms with Crippen LogP contribution in [-0.4, -0.2) is 30.1 Å². The van der Waals surface area contributed by atoms with Gasteiger partial charge in [0.1, 0.15) is 6.04 Å². The largest absolute Gasteiger partial charge is 0.347 e. The summed E-state index contributed by atoms with van der Waals surface area (Å²) in [5, 5.41) is 9.95. The highest BCUT2D eigenvalue weighted by molar-refractivity contribution is 7.89. The predicted octanol–water partition coefficient (Wildman–Crippen LogP) is 1.87. The molecule has 0 fully saturated rings. The summed E-state index contributed by atoms with van der Waals surface area (Å²) in [6, 6.07) is 4.03. The van der Waals surface area contributed by atoms with Crippen molar-refractivity contribution in [1.82, 2.24) is 14.8 Å². The van der Waals surface area contributed by atoms with E-state index in [0.717, 1.165) is 36.6 Å². The number of aromatic nitrogens is 1. The van der Waals surface area contributed by atoms with E-state index in [1.807, 2.05) is 13.1 Å². The quantitative estimate of drug-likeness (QED) is 0.545. The average Bonchev–Trinajstić information content (AvgIpc) is 2.91. The molecule has 1 amide bonds. The van der Waals surface area contributed by atoms with Crippen LogP contribution in [0.5, 0.6) is 0 Å². The van der Waals surface area contributed by atoms with E-state index < -0.39 is 22.0 Å². The summed E-state index contributed by atoms with van der Waals surface area (Å²) in [7, 11) is -1.94. The minimum absolute atomic E-state index is 0.110. The Balaban J connectivity index is 2.01. The molecule has 142 valence electrons.